The summed E-state index contributed by atoms with van der Waals surface area (Å²) in [5.41, 5.74) is 6.62. The third kappa shape index (κ3) is 4.50. The van der Waals surface area contributed by atoms with Gasteiger partial charge in [-0.1, -0.05) is 25.3 Å². The molecule has 0 aromatic heterocycles. The van der Waals surface area contributed by atoms with Crippen LogP contribution in [0.5, 0.6) is 0 Å². The van der Waals surface area contributed by atoms with Crippen molar-refractivity contribution in [3.05, 3.63) is 30.1 Å². The first kappa shape index (κ1) is 14.3. The van der Waals surface area contributed by atoms with E-state index in [1.165, 1.54) is 38.2 Å². The molecule has 0 amide bonds. The van der Waals surface area contributed by atoms with Crippen molar-refractivity contribution in [2.75, 3.05) is 24.5 Å². The normalized spacial score (nSPS) is 16.5. The average molecular weight is 264 g/mol. The van der Waals surface area contributed by atoms with Crippen molar-refractivity contribution in [3.8, 4) is 0 Å². The monoisotopic (exact) mass is 264 g/mol. The molecular weight excluding hydrogens is 239 g/mol. The molecule has 1 aromatic rings. The number of halogens is 1. The van der Waals surface area contributed by atoms with Crippen LogP contribution in [0, 0.1) is 11.7 Å². The molecular formula is C16H25FN2. The lowest BCUT2D eigenvalue weighted by molar-refractivity contribution is 0.357. The molecule has 0 heterocycles. The highest BCUT2D eigenvalue weighted by molar-refractivity contribution is 5.46. The standard InChI is InChI=1S/C16H25FN2/c17-15-8-4-9-16(12-15)19(11-5-10-18)13-14-6-2-1-3-7-14/h4,8-9,12,14H,1-3,5-7,10-11,13,18H2. The van der Waals surface area contributed by atoms with Gasteiger partial charge in [-0.3, -0.25) is 0 Å². The lowest BCUT2D eigenvalue weighted by Crippen LogP contribution is -2.32. The maximum absolute atomic E-state index is 13.4. The number of nitrogens with two attached hydrogens (primary N) is 1. The van der Waals surface area contributed by atoms with Crippen molar-refractivity contribution < 1.29 is 4.39 Å². The van der Waals surface area contributed by atoms with E-state index in [-0.39, 0.29) is 5.82 Å². The molecule has 1 aromatic carbocycles. The molecule has 1 aliphatic rings. The van der Waals surface area contributed by atoms with E-state index in [0.29, 0.717) is 6.54 Å². The smallest absolute Gasteiger partial charge is 0.125 e. The summed E-state index contributed by atoms with van der Waals surface area (Å²) in [5.74, 6) is 0.605. The fourth-order valence-electron chi connectivity index (χ4n) is 2.96. The summed E-state index contributed by atoms with van der Waals surface area (Å²) in [5, 5.41) is 0. The van der Waals surface area contributed by atoms with Crippen LogP contribution in [0.2, 0.25) is 0 Å². The van der Waals surface area contributed by atoms with Crippen LogP contribution in [-0.2, 0) is 0 Å². The second-order valence-electron chi connectivity index (χ2n) is 5.57. The van der Waals surface area contributed by atoms with E-state index in [2.05, 4.69) is 4.90 Å². The van der Waals surface area contributed by atoms with Gasteiger partial charge in [0.05, 0.1) is 0 Å². The van der Waals surface area contributed by atoms with Gasteiger partial charge in [-0.15, -0.1) is 0 Å². The Labute approximate surface area is 115 Å². The molecule has 2 rings (SSSR count). The van der Waals surface area contributed by atoms with E-state index >= 15 is 0 Å². The third-order valence-electron chi connectivity index (χ3n) is 4.01. The van der Waals surface area contributed by atoms with Crippen molar-refractivity contribution >= 4 is 5.69 Å². The maximum Gasteiger partial charge on any atom is 0.125 e. The molecule has 0 atom stereocenters. The number of benzene rings is 1. The van der Waals surface area contributed by atoms with Crippen LogP contribution in [-0.4, -0.2) is 19.6 Å². The van der Waals surface area contributed by atoms with Crippen molar-refractivity contribution in [3.63, 3.8) is 0 Å². The van der Waals surface area contributed by atoms with Crippen LogP contribution in [0.4, 0.5) is 10.1 Å². The molecule has 0 radical (unpaired) electrons. The number of anilines is 1. The molecule has 1 fully saturated rings. The number of nitrogens with zero attached hydrogens (tertiary/aromatic N) is 1. The fraction of sp³-hybridized carbons (Fsp3) is 0.625. The van der Waals surface area contributed by atoms with E-state index in [0.717, 1.165) is 31.1 Å². The van der Waals surface area contributed by atoms with Gasteiger partial charge in [0, 0.05) is 18.8 Å². The van der Waals surface area contributed by atoms with Gasteiger partial charge >= 0.3 is 0 Å². The zero-order valence-electron chi connectivity index (χ0n) is 11.7. The molecule has 106 valence electrons. The molecule has 0 unspecified atom stereocenters. The lowest BCUT2D eigenvalue weighted by atomic mass is 9.89. The summed E-state index contributed by atoms with van der Waals surface area (Å²) < 4.78 is 13.4. The first-order chi connectivity index (χ1) is 9.29. The molecule has 0 saturated heterocycles. The molecule has 2 nitrogen and oxygen atoms in total. The molecule has 0 aliphatic heterocycles. The molecule has 3 heteroatoms. The first-order valence-electron chi connectivity index (χ1n) is 7.50. The van der Waals surface area contributed by atoms with Gasteiger partial charge in [0.15, 0.2) is 0 Å². The van der Waals surface area contributed by atoms with Gasteiger partial charge in [-0.25, -0.2) is 4.39 Å². The quantitative estimate of drug-likeness (QED) is 0.851. The SMILES string of the molecule is NCCCN(CC1CCCCC1)c1cccc(F)c1. The molecule has 19 heavy (non-hydrogen) atoms. The topological polar surface area (TPSA) is 29.3 Å². The predicted octanol–water partition coefficient (Wildman–Crippen LogP) is 3.56. The number of rotatable bonds is 6. The Bertz CT molecular complexity index is 375. The van der Waals surface area contributed by atoms with Crippen molar-refractivity contribution in [1.82, 2.24) is 0 Å². The third-order valence-corrected chi connectivity index (χ3v) is 4.01. The van der Waals surface area contributed by atoms with Crippen molar-refractivity contribution in [2.24, 2.45) is 11.7 Å². The van der Waals surface area contributed by atoms with Crippen LogP contribution in [0.25, 0.3) is 0 Å². The van der Waals surface area contributed by atoms with Crippen LogP contribution >= 0.6 is 0 Å². The van der Waals surface area contributed by atoms with E-state index < -0.39 is 0 Å². The maximum atomic E-state index is 13.4. The Balaban J connectivity index is 2.01. The molecule has 0 bridgehead atoms. The van der Waals surface area contributed by atoms with E-state index in [4.69, 9.17) is 5.73 Å². The summed E-state index contributed by atoms with van der Waals surface area (Å²) in [4.78, 5) is 2.31. The molecule has 1 aliphatic carbocycles. The predicted molar refractivity (Wildman–Crippen MR) is 78.9 cm³/mol. The van der Waals surface area contributed by atoms with Gasteiger partial charge < -0.3 is 10.6 Å². The van der Waals surface area contributed by atoms with Gasteiger partial charge in [0.25, 0.3) is 0 Å². The Morgan fingerprint density at radius 1 is 1.21 bits per heavy atom. The Morgan fingerprint density at radius 3 is 2.68 bits per heavy atom. The molecule has 2 N–H and O–H groups in total. The lowest BCUT2D eigenvalue weighted by Gasteiger charge is -2.31. The van der Waals surface area contributed by atoms with E-state index in [9.17, 15) is 4.39 Å². The Kier molecular flexibility index (Phi) is 5.64. The summed E-state index contributed by atoms with van der Waals surface area (Å²) in [7, 11) is 0. The minimum Gasteiger partial charge on any atom is -0.371 e. The van der Waals surface area contributed by atoms with Gasteiger partial charge in [-0.2, -0.15) is 0 Å². The zero-order chi connectivity index (χ0) is 13.5. The van der Waals surface area contributed by atoms with Crippen molar-refractivity contribution in [1.29, 1.82) is 0 Å². The van der Waals surface area contributed by atoms with Crippen molar-refractivity contribution in [2.45, 2.75) is 38.5 Å². The fourth-order valence-corrected chi connectivity index (χ4v) is 2.96. The largest absolute Gasteiger partial charge is 0.371 e. The zero-order valence-corrected chi connectivity index (χ0v) is 11.7. The Morgan fingerprint density at radius 2 is 2.00 bits per heavy atom. The average Bonchev–Trinajstić information content (AvgIpc) is 2.44. The Hall–Kier alpha value is -1.09. The second-order valence-corrected chi connectivity index (χ2v) is 5.57. The van der Waals surface area contributed by atoms with Gasteiger partial charge in [0.1, 0.15) is 5.82 Å². The van der Waals surface area contributed by atoms with Crippen LogP contribution in [0.3, 0.4) is 0 Å². The van der Waals surface area contributed by atoms with Crippen LogP contribution in [0.1, 0.15) is 38.5 Å². The minimum absolute atomic E-state index is 0.154. The molecule has 1 saturated carbocycles. The van der Waals surface area contributed by atoms with E-state index in [1.54, 1.807) is 12.1 Å². The number of hydrogen-bond acceptors (Lipinski definition) is 2. The second kappa shape index (κ2) is 7.49. The summed E-state index contributed by atoms with van der Waals surface area (Å²) in [6, 6.07) is 6.94. The van der Waals surface area contributed by atoms with E-state index in [1.807, 2.05) is 6.07 Å². The highest BCUT2D eigenvalue weighted by Gasteiger charge is 2.17. The highest BCUT2D eigenvalue weighted by Crippen LogP contribution is 2.26. The summed E-state index contributed by atoms with van der Waals surface area (Å²) >= 11 is 0. The highest BCUT2D eigenvalue weighted by atomic mass is 19.1. The molecule has 0 spiro atoms. The summed E-state index contributed by atoms with van der Waals surface area (Å²) in [6.07, 6.45) is 7.66. The van der Waals surface area contributed by atoms with Gasteiger partial charge in [-0.05, 0) is 49.9 Å². The van der Waals surface area contributed by atoms with Crippen LogP contribution < -0.4 is 10.6 Å². The summed E-state index contributed by atoms with van der Waals surface area (Å²) in [6.45, 7) is 2.66. The van der Waals surface area contributed by atoms with Gasteiger partial charge in [0.2, 0.25) is 0 Å². The number of hydrogen-bond donors (Lipinski definition) is 1. The van der Waals surface area contributed by atoms with Crippen LogP contribution in [0.15, 0.2) is 24.3 Å². The first-order valence-corrected chi connectivity index (χ1v) is 7.50. The minimum atomic E-state index is -0.154.